The molecule has 2 amide bonds. The Morgan fingerprint density at radius 1 is 1.43 bits per heavy atom. The van der Waals surface area contributed by atoms with Crippen LogP contribution in [0.2, 0.25) is 0 Å². The average Bonchev–Trinajstić information content (AvgIpc) is 2.50. The lowest BCUT2D eigenvalue weighted by Gasteiger charge is -2.31. The van der Waals surface area contributed by atoms with Crippen molar-refractivity contribution in [3.8, 4) is 0 Å². The van der Waals surface area contributed by atoms with Crippen molar-refractivity contribution in [3.05, 3.63) is 30.1 Å². The number of carbonyl (C=O) groups excluding carboxylic acids is 1. The van der Waals surface area contributed by atoms with E-state index >= 15 is 0 Å². The van der Waals surface area contributed by atoms with Crippen LogP contribution < -0.4 is 5.32 Å². The van der Waals surface area contributed by atoms with E-state index in [1.165, 1.54) is 0 Å². The van der Waals surface area contributed by atoms with Gasteiger partial charge in [0, 0.05) is 31.9 Å². The first-order valence-electron chi connectivity index (χ1n) is 7.67. The van der Waals surface area contributed by atoms with Crippen LogP contribution >= 0.6 is 0 Å². The summed E-state index contributed by atoms with van der Waals surface area (Å²) in [5.74, 6) is 0.200. The van der Waals surface area contributed by atoms with Crippen molar-refractivity contribution in [2.24, 2.45) is 5.92 Å². The highest BCUT2D eigenvalue weighted by atomic mass is 16.3. The number of nitrogens with one attached hydrogen (secondary N) is 1. The molecule has 0 aromatic carbocycles. The lowest BCUT2D eigenvalue weighted by Crippen LogP contribution is -2.43. The largest absolute Gasteiger partial charge is 0.393 e. The van der Waals surface area contributed by atoms with Crippen molar-refractivity contribution in [2.45, 2.75) is 44.8 Å². The molecule has 116 valence electrons. The van der Waals surface area contributed by atoms with Gasteiger partial charge in [0.2, 0.25) is 0 Å². The number of hydrogen-bond donors (Lipinski definition) is 2. The van der Waals surface area contributed by atoms with Crippen molar-refractivity contribution < 1.29 is 9.90 Å². The Kier molecular flexibility index (Phi) is 5.56. The van der Waals surface area contributed by atoms with Crippen LogP contribution in [-0.2, 0) is 0 Å². The fourth-order valence-electron chi connectivity index (χ4n) is 2.87. The Bertz CT molecular complexity index is 452. The van der Waals surface area contributed by atoms with E-state index in [0.717, 1.165) is 31.2 Å². The SMILES string of the molecule is C[C@H](NC(=O)N(C)C[C@H]1CCCC[C@@H]1O)c1ccncc1. The highest BCUT2D eigenvalue weighted by Crippen LogP contribution is 2.25. The molecule has 1 saturated carbocycles. The van der Waals surface area contributed by atoms with Gasteiger partial charge in [-0.3, -0.25) is 4.98 Å². The summed E-state index contributed by atoms with van der Waals surface area (Å²) in [6.45, 7) is 2.56. The molecule has 5 heteroatoms. The van der Waals surface area contributed by atoms with Crippen molar-refractivity contribution in [1.29, 1.82) is 0 Å². The van der Waals surface area contributed by atoms with E-state index < -0.39 is 0 Å². The second-order valence-electron chi connectivity index (χ2n) is 5.94. The van der Waals surface area contributed by atoms with Crippen LogP contribution in [0.25, 0.3) is 0 Å². The summed E-state index contributed by atoms with van der Waals surface area (Å²) >= 11 is 0. The van der Waals surface area contributed by atoms with Crippen LogP contribution in [0.1, 0.15) is 44.2 Å². The van der Waals surface area contributed by atoms with E-state index in [0.29, 0.717) is 6.54 Å². The minimum atomic E-state index is -0.272. The molecule has 0 bridgehead atoms. The zero-order valence-corrected chi connectivity index (χ0v) is 12.8. The topological polar surface area (TPSA) is 65.5 Å². The Morgan fingerprint density at radius 2 is 2.10 bits per heavy atom. The maximum atomic E-state index is 12.2. The van der Waals surface area contributed by atoms with Crippen LogP contribution in [0.4, 0.5) is 4.79 Å². The molecule has 1 aromatic heterocycles. The van der Waals surface area contributed by atoms with Crippen LogP contribution in [-0.4, -0.2) is 40.7 Å². The molecule has 0 saturated heterocycles. The van der Waals surface area contributed by atoms with E-state index in [-0.39, 0.29) is 24.1 Å². The number of rotatable bonds is 4. The number of aliphatic hydroxyl groups is 1. The van der Waals surface area contributed by atoms with Crippen molar-refractivity contribution in [2.75, 3.05) is 13.6 Å². The number of urea groups is 1. The lowest BCUT2D eigenvalue weighted by molar-refractivity contribution is 0.0563. The molecule has 1 heterocycles. The van der Waals surface area contributed by atoms with Gasteiger partial charge >= 0.3 is 6.03 Å². The number of aliphatic hydroxyl groups excluding tert-OH is 1. The molecule has 0 radical (unpaired) electrons. The number of pyridine rings is 1. The molecule has 2 rings (SSSR count). The van der Waals surface area contributed by atoms with Crippen molar-refractivity contribution in [1.82, 2.24) is 15.2 Å². The number of hydrogen-bond acceptors (Lipinski definition) is 3. The van der Waals surface area contributed by atoms with Crippen LogP contribution in [0.3, 0.4) is 0 Å². The van der Waals surface area contributed by atoms with Gasteiger partial charge < -0.3 is 15.3 Å². The normalized spacial score (nSPS) is 23.4. The first-order chi connectivity index (χ1) is 10.1. The summed E-state index contributed by atoms with van der Waals surface area (Å²) in [4.78, 5) is 17.9. The Morgan fingerprint density at radius 3 is 2.76 bits per heavy atom. The summed E-state index contributed by atoms with van der Waals surface area (Å²) in [5.41, 5.74) is 1.03. The van der Waals surface area contributed by atoms with Crippen LogP contribution in [0.5, 0.6) is 0 Å². The van der Waals surface area contributed by atoms with Gasteiger partial charge in [-0.2, -0.15) is 0 Å². The molecule has 1 aromatic rings. The standard InChI is InChI=1S/C16H25N3O2/c1-12(13-7-9-17-10-8-13)18-16(21)19(2)11-14-5-3-4-6-15(14)20/h7-10,12,14-15,20H,3-6,11H2,1-2H3,(H,18,21)/t12-,14+,15-/m0/s1. The predicted molar refractivity (Wildman–Crippen MR) is 81.8 cm³/mol. The smallest absolute Gasteiger partial charge is 0.317 e. The monoisotopic (exact) mass is 291 g/mol. The molecule has 1 aliphatic carbocycles. The zero-order valence-electron chi connectivity index (χ0n) is 12.8. The molecule has 1 aliphatic rings. The van der Waals surface area contributed by atoms with Crippen LogP contribution in [0.15, 0.2) is 24.5 Å². The highest BCUT2D eigenvalue weighted by Gasteiger charge is 2.25. The predicted octanol–water partition coefficient (Wildman–Crippen LogP) is 2.34. The second kappa shape index (κ2) is 7.41. The lowest BCUT2D eigenvalue weighted by atomic mass is 9.86. The van der Waals surface area contributed by atoms with Gasteiger partial charge in [0.1, 0.15) is 0 Å². The highest BCUT2D eigenvalue weighted by molar-refractivity contribution is 5.74. The van der Waals surface area contributed by atoms with E-state index in [1.54, 1.807) is 24.3 Å². The van der Waals surface area contributed by atoms with Crippen LogP contribution in [0, 0.1) is 5.92 Å². The van der Waals surface area contributed by atoms with Gasteiger partial charge in [-0.1, -0.05) is 12.8 Å². The van der Waals surface area contributed by atoms with Gasteiger partial charge in [-0.25, -0.2) is 4.79 Å². The quantitative estimate of drug-likeness (QED) is 0.895. The molecule has 0 aliphatic heterocycles. The maximum Gasteiger partial charge on any atom is 0.317 e. The zero-order chi connectivity index (χ0) is 15.2. The molecular weight excluding hydrogens is 266 g/mol. The molecular formula is C16H25N3O2. The number of aromatic nitrogens is 1. The van der Waals surface area contributed by atoms with E-state index in [4.69, 9.17) is 0 Å². The Balaban J connectivity index is 1.84. The Hall–Kier alpha value is -1.62. The summed E-state index contributed by atoms with van der Waals surface area (Å²) < 4.78 is 0. The van der Waals surface area contributed by atoms with Gasteiger partial charge in [0.25, 0.3) is 0 Å². The molecule has 3 atom stereocenters. The average molecular weight is 291 g/mol. The summed E-state index contributed by atoms with van der Waals surface area (Å²) in [7, 11) is 1.79. The molecule has 2 N–H and O–H groups in total. The summed E-state index contributed by atoms with van der Waals surface area (Å²) in [5, 5.41) is 13.0. The summed E-state index contributed by atoms with van der Waals surface area (Å²) in [6, 6.07) is 3.64. The minimum Gasteiger partial charge on any atom is -0.393 e. The Labute approximate surface area is 126 Å². The maximum absolute atomic E-state index is 12.2. The number of carbonyl (C=O) groups is 1. The van der Waals surface area contributed by atoms with Gasteiger partial charge in [-0.15, -0.1) is 0 Å². The number of nitrogens with zero attached hydrogens (tertiary/aromatic N) is 2. The second-order valence-corrected chi connectivity index (χ2v) is 5.94. The first kappa shape index (κ1) is 15.8. The third-order valence-corrected chi connectivity index (χ3v) is 4.27. The minimum absolute atomic E-state index is 0.0563. The fourth-order valence-corrected chi connectivity index (χ4v) is 2.87. The molecule has 0 spiro atoms. The van der Waals surface area contributed by atoms with Gasteiger partial charge in [0.05, 0.1) is 12.1 Å². The third-order valence-electron chi connectivity index (χ3n) is 4.27. The van der Waals surface area contributed by atoms with Gasteiger partial charge in [-0.05, 0) is 37.5 Å². The number of amides is 2. The molecule has 0 unspecified atom stereocenters. The molecule has 1 fully saturated rings. The van der Waals surface area contributed by atoms with E-state index in [1.807, 2.05) is 19.1 Å². The fraction of sp³-hybridized carbons (Fsp3) is 0.625. The first-order valence-corrected chi connectivity index (χ1v) is 7.67. The van der Waals surface area contributed by atoms with Crippen molar-refractivity contribution >= 4 is 6.03 Å². The molecule has 5 nitrogen and oxygen atoms in total. The van der Waals surface area contributed by atoms with E-state index in [9.17, 15) is 9.90 Å². The third kappa shape index (κ3) is 4.43. The summed E-state index contributed by atoms with van der Waals surface area (Å²) in [6.07, 6.45) is 7.26. The van der Waals surface area contributed by atoms with Gasteiger partial charge in [0.15, 0.2) is 0 Å². The van der Waals surface area contributed by atoms with Crippen molar-refractivity contribution in [3.63, 3.8) is 0 Å². The molecule has 21 heavy (non-hydrogen) atoms. The van der Waals surface area contributed by atoms with E-state index in [2.05, 4.69) is 10.3 Å².